The molecule has 0 amide bonds. The Kier molecular flexibility index (Phi) is 7.10. The molecule has 10 heteroatoms. The van der Waals surface area contributed by atoms with Gasteiger partial charge in [-0.2, -0.15) is 0 Å². The Balaban J connectivity index is 1.43. The second kappa shape index (κ2) is 10.5. The molecule has 2 aromatic carbocycles. The molecule has 4 aromatic rings. The van der Waals surface area contributed by atoms with Crippen molar-refractivity contribution in [3.8, 4) is 17.1 Å². The number of rotatable bonds is 7. The highest BCUT2D eigenvalue weighted by atomic mass is 35.5. The van der Waals surface area contributed by atoms with E-state index >= 15 is 0 Å². The Hall–Kier alpha value is -3.53. The summed E-state index contributed by atoms with van der Waals surface area (Å²) >= 11 is 6.21. The van der Waals surface area contributed by atoms with Gasteiger partial charge in [-0.1, -0.05) is 17.7 Å². The molecule has 37 heavy (non-hydrogen) atoms. The second-order valence-electron chi connectivity index (χ2n) is 9.26. The summed E-state index contributed by atoms with van der Waals surface area (Å²) < 4.78 is 10.9. The molecule has 0 bridgehead atoms. The highest BCUT2D eigenvalue weighted by Crippen LogP contribution is 2.31. The van der Waals surface area contributed by atoms with Crippen molar-refractivity contribution >= 4 is 34.0 Å². The molecule has 0 spiro atoms. The molecule has 194 valence electrons. The molecule has 4 N–H and O–H groups in total. The number of aryl methyl sites for hydroxylation is 1. The predicted octanol–water partition coefficient (Wildman–Crippen LogP) is 4.26. The first-order valence-corrected chi connectivity index (χ1v) is 12.6. The van der Waals surface area contributed by atoms with Crippen molar-refractivity contribution in [1.82, 2.24) is 15.0 Å². The molecule has 2 atom stereocenters. The molecule has 0 aliphatic carbocycles. The van der Waals surface area contributed by atoms with E-state index in [-0.39, 0.29) is 18.2 Å². The zero-order valence-corrected chi connectivity index (χ0v) is 21.7. The maximum atomic E-state index is 12.9. The van der Waals surface area contributed by atoms with E-state index in [1.54, 1.807) is 30.5 Å². The molecule has 5 rings (SSSR count). The normalized spacial score (nSPS) is 16.7. The number of halogens is 1. The Morgan fingerprint density at radius 1 is 1.32 bits per heavy atom. The predicted molar refractivity (Wildman–Crippen MR) is 146 cm³/mol. The number of fused-ring (bicyclic) bond motifs is 1. The standard InChI is InChI=1S/C27H30ClN5O4/c1-15-10-18(33-8-9-37-16(2)14-33)12-21-25(15)32-26(31-21)24-20(6-7-29-27(24)35)30-13-22(34)17-4-5-23(36-3)19(28)11-17/h4-7,10-12,16,22,34H,8-9,13-14H2,1-3H3,(H,31,32)(H2,29,30,35)/t16-,22-/m0/s1. The molecule has 0 radical (unpaired) electrons. The number of morpholine rings is 1. The number of hydrogen-bond donors (Lipinski definition) is 4. The fraction of sp³-hybridized carbons (Fsp3) is 0.333. The fourth-order valence-electron chi connectivity index (χ4n) is 4.70. The van der Waals surface area contributed by atoms with Gasteiger partial charge in [0.05, 0.1) is 47.7 Å². The molecule has 3 heterocycles. The summed E-state index contributed by atoms with van der Waals surface area (Å²) in [4.78, 5) is 26.1. The van der Waals surface area contributed by atoms with E-state index in [9.17, 15) is 9.90 Å². The number of aliphatic hydroxyl groups is 1. The van der Waals surface area contributed by atoms with Crippen LogP contribution >= 0.6 is 11.6 Å². The summed E-state index contributed by atoms with van der Waals surface area (Å²) in [5, 5.41) is 14.4. The molecular formula is C27H30ClN5O4. The first-order chi connectivity index (χ1) is 17.8. The van der Waals surface area contributed by atoms with Crippen LogP contribution in [0.3, 0.4) is 0 Å². The number of methoxy groups -OCH3 is 1. The third-order valence-corrected chi connectivity index (χ3v) is 6.91. The Bertz CT molecular complexity index is 1480. The Labute approximate surface area is 219 Å². The summed E-state index contributed by atoms with van der Waals surface area (Å²) in [6.07, 6.45) is 0.881. The van der Waals surface area contributed by atoms with Crippen LogP contribution in [0.1, 0.15) is 24.2 Å². The lowest BCUT2D eigenvalue weighted by molar-refractivity contribution is 0.0532. The summed E-state index contributed by atoms with van der Waals surface area (Å²) in [5.41, 5.74) is 5.05. The van der Waals surface area contributed by atoms with E-state index in [1.165, 1.54) is 7.11 Å². The first kappa shape index (κ1) is 25.1. The van der Waals surface area contributed by atoms with E-state index in [1.807, 2.05) is 6.92 Å². The third kappa shape index (κ3) is 5.16. The number of benzene rings is 2. The monoisotopic (exact) mass is 523 g/mol. The van der Waals surface area contributed by atoms with Gasteiger partial charge >= 0.3 is 0 Å². The minimum atomic E-state index is -0.855. The SMILES string of the molecule is COc1ccc([C@@H](O)CNc2cc[nH]c(=O)c2-c2nc3c(C)cc(N4CCO[C@@H](C)C4)cc3[nH]2)cc1Cl. The van der Waals surface area contributed by atoms with Crippen LogP contribution in [0.4, 0.5) is 11.4 Å². The topological polar surface area (TPSA) is 116 Å². The van der Waals surface area contributed by atoms with Crippen molar-refractivity contribution in [2.75, 3.05) is 43.6 Å². The van der Waals surface area contributed by atoms with E-state index in [0.29, 0.717) is 40.0 Å². The minimum absolute atomic E-state index is 0.164. The molecule has 1 saturated heterocycles. The Morgan fingerprint density at radius 3 is 2.92 bits per heavy atom. The van der Waals surface area contributed by atoms with Crippen LogP contribution in [0.25, 0.3) is 22.4 Å². The van der Waals surface area contributed by atoms with Gasteiger partial charge in [0.25, 0.3) is 5.56 Å². The number of pyridine rings is 1. The van der Waals surface area contributed by atoms with Crippen molar-refractivity contribution in [2.45, 2.75) is 26.1 Å². The van der Waals surface area contributed by atoms with Crippen LogP contribution in [-0.2, 0) is 4.74 Å². The van der Waals surface area contributed by atoms with Crippen molar-refractivity contribution in [1.29, 1.82) is 0 Å². The second-order valence-corrected chi connectivity index (χ2v) is 9.67. The number of nitrogens with zero attached hydrogens (tertiary/aromatic N) is 2. The average molecular weight is 524 g/mol. The summed E-state index contributed by atoms with van der Waals surface area (Å²) in [5.74, 6) is 0.992. The van der Waals surface area contributed by atoms with Gasteiger partial charge in [-0.05, 0) is 55.3 Å². The number of nitrogens with one attached hydrogen (secondary N) is 3. The van der Waals surface area contributed by atoms with Crippen molar-refractivity contribution < 1.29 is 14.6 Å². The van der Waals surface area contributed by atoms with E-state index in [4.69, 9.17) is 26.1 Å². The van der Waals surface area contributed by atoms with Crippen molar-refractivity contribution in [3.63, 3.8) is 0 Å². The van der Waals surface area contributed by atoms with Gasteiger partial charge in [0.2, 0.25) is 0 Å². The number of hydrogen-bond acceptors (Lipinski definition) is 7. The number of imidazole rings is 1. The van der Waals surface area contributed by atoms with E-state index in [0.717, 1.165) is 35.4 Å². The smallest absolute Gasteiger partial charge is 0.261 e. The lowest BCUT2D eigenvalue weighted by atomic mass is 10.1. The third-order valence-electron chi connectivity index (χ3n) is 6.61. The van der Waals surface area contributed by atoms with Crippen LogP contribution < -0.4 is 20.5 Å². The molecular weight excluding hydrogens is 494 g/mol. The highest BCUT2D eigenvalue weighted by Gasteiger charge is 2.20. The van der Waals surface area contributed by atoms with Gasteiger partial charge in [0, 0.05) is 31.5 Å². The van der Waals surface area contributed by atoms with E-state index < -0.39 is 6.10 Å². The van der Waals surface area contributed by atoms with E-state index in [2.05, 4.69) is 39.2 Å². The molecule has 9 nitrogen and oxygen atoms in total. The maximum Gasteiger partial charge on any atom is 0.261 e. The van der Waals surface area contributed by atoms with Gasteiger partial charge in [-0.25, -0.2) is 4.98 Å². The minimum Gasteiger partial charge on any atom is -0.495 e. The number of aromatic nitrogens is 3. The number of aromatic amines is 2. The lowest BCUT2D eigenvalue weighted by Gasteiger charge is -2.33. The van der Waals surface area contributed by atoms with Gasteiger partial charge in [0.1, 0.15) is 17.1 Å². The van der Waals surface area contributed by atoms with Crippen LogP contribution in [-0.4, -0.2) is 59.5 Å². The van der Waals surface area contributed by atoms with Crippen LogP contribution in [0, 0.1) is 6.92 Å². The number of anilines is 2. The molecule has 0 unspecified atom stereocenters. The largest absolute Gasteiger partial charge is 0.495 e. The number of aliphatic hydroxyl groups excluding tert-OH is 1. The molecule has 1 aliphatic heterocycles. The zero-order valence-electron chi connectivity index (χ0n) is 21.0. The molecule has 1 aliphatic rings. The van der Waals surface area contributed by atoms with Crippen LogP contribution in [0.15, 0.2) is 47.4 Å². The molecule has 0 saturated carbocycles. The van der Waals surface area contributed by atoms with Gasteiger partial charge in [0.15, 0.2) is 0 Å². The maximum absolute atomic E-state index is 12.9. The number of ether oxygens (including phenoxy) is 2. The van der Waals surface area contributed by atoms with Gasteiger partial charge in [-0.15, -0.1) is 0 Å². The van der Waals surface area contributed by atoms with Crippen molar-refractivity contribution in [3.05, 3.63) is 69.1 Å². The lowest BCUT2D eigenvalue weighted by Crippen LogP contribution is -2.41. The quantitative estimate of drug-likeness (QED) is 0.286. The summed E-state index contributed by atoms with van der Waals surface area (Å²) in [7, 11) is 1.54. The van der Waals surface area contributed by atoms with Gasteiger partial charge < -0.3 is 34.8 Å². The highest BCUT2D eigenvalue weighted by molar-refractivity contribution is 6.32. The average Bonchev–Trinajstić information content (AvgIpc) is 3.31. The van der Waals surface area contributed by atoms with Gasteiger partial charge in [-0.3, -0.25) is 4.79 Å². The first-order valence-electron chi connectivity index (χ1n) is 12.2. The summed E-state index contributed by atoms with van der Waals surface area (Å²) in [6.45, 7) is 6.59. The summed E-state index contributed by atoms with van der Waals surface area (Å²) in [6, 6.07) is 11.1. The fourth-order valence-corrected chi connectivity index (χ4v) is 4.97. The van der Waals surface area contributed by atoms with Crippen molar-refractivity contribution in [2.24, 2.45) is 0 Å². The molecule has 1 fully saturated rings. The number of H-pyrrole nitrogens is 2. The van der Waals surface area contributed by atoms with Crippen LogP contribution in [0.5, 0.6) is 5.75 Å². The molecule has 2 aromatic heterocycles. The Morgan fingerprint density at radius 2 is 2.16 bits per heavy atom. The van der Waals surface area contributed by atoms with Crippen LogP contribution in [0.2, 0.25) is 5.02 Å². The zero-order chi connectivity index (χ0) is 26.1.